The summed E-state index contributed by atoms with van der Waals surface area (Å²) in [5.74, 6) is 1.38. The number of fused-ring (bicyclic) bond motifs is 1. The van der Waals surface area contributed by atoms with E-state index in [9.17, 15) is 5.11 Å². The zero-order valence-corrected chi connectivity index (χ0v) is 11.6. The fraction of sp³-hybridized carbons (Fsp3) is 0.500. The summed E-state index contributed by atoms with van der Waals surface area (Å²) in [6.45, 7) is 6.75. The Morgan fingerprint density at radius 2 is 2.11 bits per heavy atom. The lowest BCUT2D eigenvalue weighted by atomic mass is 10.1. The molecule has 0 radical (unpaired) electrons. The molecule has 3 N–H and O–H groups in total. The Kier molecular flexibility index (Phi) is 3.68. The van der Waals surface area contributed by atoms with Gasteiger partial charge in [-0.1, -0.05) is 0 Å². The number of aliphatic hydroxyl groups is 1. The average molecular weight is 266 g/mol. The lowest BCUT2D eigenvalue weighted by Gasteiger charge is -2.18. The Morgan fingerprint density at radius 3 is 2.78 bits per heavy atom. The first-order valence-corrected chi connectivity index (χ1v) is 6.83. The summed E-state index contributed by atoms with van der Waals surface area (Å²) in [5.41, 5.74) is -0.772. The fourth-order valence-electron chi connectivity index (χ4n) is 1.53. The van der Waals surface area contributed by atoms with E-state index < -0.39 is 5.60 Å². The van der Waals surface area contributed by atoms with Gasteiger partial charge in [-0.05, 0) is 32.2 Å². The van der Waals surface area contributed by atoms with Crippen molar-refractivity contribution in [3.8, 4) is 0 Å². The molecule has 0 atom stereocenters. The molecule has 0 fully saturated rings. The molecule has 0 saturated carbocycles. The number of nitrogens with zero attached hydrogens (tertiary/aromatic N) is 2. The van der Waals surface area contributed by atoms with Gasteiger partial charge in [0.1, 0.15) is 10.6 Å². The van der Waals surface area contributed by atoms with Crippen molar-refractivity contribution in [3.63, 3.8) is 0 Å². The van der Waals surface area contributed by atoms with Crippen LogP contribution in [0.15, 0.2) is 11.4 Å². The Bertz CT molecular complexity index is 532. The van der Waals surface area contributed by atoms with E-state index in [0.29, 0.717) is 12.5 Å². The minimum Gasteiger partial charge on any atom is -0.389 e. The molecular weight excluding hydrogens is 248 g/mol. The molecule has 6 heteroatoms. The van der Waals surface area contributed by atoms with Gasteiger partial charge in [-0.3, -0.25) is 0 Å². The number of thiophene rings is 1. The predicted molar refractivity (Wildman–Crippen MR) is 76.4 cm³/mol. The predicted octanol–water partition coefficient (Wildman–Crippen LogP) is 2.31. The second-order valence-electron chi connectivity index (χ2n) is 4.73. The molecule has 0 saturated heterocycles. The molecule has 0 bridgehead atoms. The fourth-order valence-corrected chi connectivity index (χ4v) is 2.29. The highest BCUT2D eigenvalue weighted by Crippen LogP contribution is 2.26. The molecule has 18 heavy (non-hydrogen) atoms. The first-order valence-electron chi connectivity index (χ1n) is 5.95. The van der Waals surface area contributed by atoms with Crippen molar-refractivity contribution in [1.29, 1.82) is 0 Å². The van der Waals surface area contributed by atoms with Crippen LogP contribution in [0.25, 0.3) is 10.2 Å². The zero-order chi connectivity index (χ0) is 13.2. The van der Waals surface area contributed by atoms with Crippen molar-refractivity contribution in [3.05, 3.63) is 11.4 Å². The van der Waals surface area contributed by atoms with Crippen LogP contribution in [0.2, 0.25) is 0 Å². The van der Waals surface area contributed by atoms with Gasteiger partial charge in [-0.2, -0.15) is 4.98 Å². The van der Waals surface area contributed by atoms with Gasteiger partial charge < -0.3 is 15.7 Å². The summed E-state index contributed by atoms with van der Waals surface area (Å²) in [7, 11) is 0. The number of hydrogen-bond acceptors (Lipinski definition) is 6. The summed E-state index contributed by atoms with van der Waals surface area (Å²) >= 11 is 1.58. The molecule has 2 aromatic heterocycles. The number of rotatable bonds is 5. The van der Waals surface area contributed by atoms with Crippen LogP contribution in [-0.2, 0) is 0 Å². The highest BCUT2D eigenvalue weighted by atomic mass is 32.1. The van der Waals surface area contributed by atoms with Crippen molar-refractivity contribution in [2.45, 2.75) is 26.4 Å². The molecule has 0 spiro atoms. The standard InChI is InChI=1S/C12H18N4OS/c1-4-13-11-15-9(14-7-12(2,3)17)8-5-6-18-10(8)16-11/h5-6,17H,4,7H2,1-3H3,(H2,13,14,15,16). The van der Waals surface area contributed by atoms with E-state index in [-0.39, 0.29) is 0 Å². The minimum atomic E-state index is -0.772. The molecule has 0 aliphatic carbocycles. The molecule has 0 aromatic carbocycles. The first kappa shape index (κ1) is 13.0. The van der Waals surface area contributed by atoms with E-state index >= 15 is 0 Å². The third-order valence-corrected chi connectivity index (χ3v) is 3.16. The van der Waals surface area contributed by atoms with Crippen LogP contribution in [-0.4, -0.2) is 33.8 Å². The van der Waals surface area contributed by atoms with Crippen molar-refractivity contribution < 1.29 is 5.11 Å². The normalized spacial score (nSPS) is 11.8. The van der Waals surface area contributed by atoms with Crippen LogP contribution >= 0.6 is 11.3 Å². The summed E-state index contributed by atoms with van der Waals surface area (Å²) in [5, 5.41) is 19.0. The van der Waals surface area contributed by atoms with Crippen molar-refractivity contribution in [2.24, 2.45) is 0 Å². The van der Waals surface area contributed by atoms with E-state index in [2.05, 4.69) is 20.6 Å². The van der Waals surface area contributed by atoms with Crippen molar-refractivity contribution in [1.82, 2.24) is 9.97 Å². The molecule has 0 aliphatic rings. The van der Waals surface area contributed by atoms with E-state index in [1.54, 1.807) is 25.2 Å². The van der Waals surface area contributed by atoms with Gasteiger partial charge in [0, 0.05) is 13.1 Å². The maximum atomic E-state index is 9.76. The summed E-state index contributed by atoms with van der Waals surface area (Å²) in [6, 6.07) is 1.99. The van der Waals surface area contributed by atoms with Crippen LogP contribution < -0.4 is 10.6 Å². The lowest BCUT2D eigenvalue weighted by Crippen LogP contribution is -2.29. The monoisotopic (exact) mass is 266 g/mol. The van der Waals surface area contributed by atoms with Gasteiger partial charge >= 0.3 is 0 Å². The number of nitrogens with one attached hydrogen (secondary N) is 2. The first-order chi connectivity index (χ1) is 8.49. The molecule has 0 unspecified atom stereocenters. The lowest BCUT2D eigenvalue weighted by molar-refractivity contribution is 0.0944. The Labute approximate surface area is 110 Å². The number of hydrogen-bond donors (Lipinski definition) is 3. The highest BCUT2D eigenvalue weighted by molar-refractivity contribution is 7.16. The van der Waals surface area contributed by atoms with Crippen LogP contribution in [0.3, 0.4) is 0 Å². The average Bonchev–Trinajstić information content (AvgIpc) is 2.73. The second-order valence-corrected chi connectivity index (χ2v) is 5.63. The SMILES string of the molecule is CCNc1nc(NCC(C)(C)O)c2ccsc2n1. The highest BCUT2D eigenvalue weighted by Gasteiger charge is 2.14. The van der Waals surface area contributed by atoms with E-state index in [1.807, 2.05) is 18.4 Å². The molecule has 2 aromatic rings. The molecule has 5 nitrogen and oxygen atoms in total. The molecule has 0 amide bonds. The van der Waals surface area contributed by atoms with Crippen molar-refractivity contribution in [2.75, 3.05) is 23.7 Å². The van der Waals surface area contributed by atoms with Gasteiger partial charge in [0.15, 0.2) is 0 Å². The van der Waals surface area contributed by atoms with Crippen LogP contribution in [0.5, 0.6) is 0 Å². The largest absolute Gasteiger partial charge is 0.389 e. The van der Waals surface area contributed by atoms with Gasteiger partial charge in [-0.15, -0.1) is 11.3 Å². The number of aromatic nitrogens is 2. The van der Waals surface area contributed by atoms with Gasteiger partial charge in [0.2, 0.25) is 5.95 Å². The Balaban J connectivity index is 2.31. The molecule has 0 aliphatic heterocycles. The second kappa shape index (κ2) is 5.07. The van der Waals surface area contributed by atoms with Crippen LogP contribution in [0.4, 0.5) is 11.8 Å². The van der Waals surface area contributed by atoms with Crippen molar-refractivity contribution >= 4 is 33.3 Å². The summed E-state index contributed by atoms with van der Waals surface area (Å²) in [4.78, 5) is 9.80. The third kappa shape index (κ3) is 3.08. The zero-order valence-electron chi connectivity index (χ0n) is 10.8. The van der Waals surface area contributed by atoms with Gasteiger partial charge in [0.05, 0.1) is 11.0 Å². The van der Waals surface area contributed by atoms with E-state index in [4.69, 9.17) is 0 Å². The smallest absolute Gasteiger partial charge is 0.226 e. The third-order valence-electron chi connectivity index (χ3n) is 2.35. The molecule has 2 heterocycles. The quantitative estimate of drug-likeness (QED) is 0.774. The maximum Gasteiger partial charge on any atom is 0.226 e. The summed E-state index contributed by atoms with van der Waals surface area (Å²) < 4.78 is 0. The Hall–Kier alpha value is -1.40. The molecule has 2 rings (SSSR count). The minimum absolute atomic E-state index is 0.445. The topological polar surface area (TPSA) is 70.1 Å². The van der Waals surface area contributed by atoms with Gasteiger partial charge in [-0.25, -0.2) is 4.98 Å². The molecular formula is C12H18N4OS. The maximum absolute atomic E-state index is 9.76. The van der Waals surface area contributed by atoms with E-state index in [0.717, 1.165) is 22.6 Å². The summed E-state index contributed by atoms with van der Waals surface area (Å²) in [6.07, 6.45) is 0. The van der Waals surface area contributed by atoms with E-state index in [1.165, 1.54) is 0 Å². The Morgan fingerprint density at radius 1 is 1.33 bits per heavy atom. The van der Waals surface area contributed by atoms with Gasteiger partial charge in [0.25, 0.3) is 0 Å². The van der Waals surface area contributed by atoms with Crippen LogP contribution in [0, 0.1) is 0 Å². The van der Waals surface area contributed by atoms with Crippen LogP contribution in [0.1, 0.15) is 20.8 Å². The number of anilines is 2. The molecule has 98 valence electrons.